The Hall–Kier alpha value is -3.44. The summed E-state index contributed by atoms with van der Waals surface area (Å²) in [6, 6.07) is 19.5. The minimum absolute atomic E-state index is 0.341. The monoisotopic (exact) mass is 487 g/mol. The molecule has 0 radical (unpaired) electrons. The lowest BCUT2D eigenvalue weighted by atomic mass is 10.0. The van der Waals surface area contributed by atoms with Crippen molar-refractivity contribution in [1.29, 1.82) is 5.26 Å². The number of benzene rings is 2. The molecule has 2 unspecified atom stereocenters. The average Bonchev–Trinajstić information content (AvgIpc) is 2.93. The number of hydrogen-bond donors (Lipinski definition) is 1. The zero-order chi connectivity index (χ0) is 25.2. The number of aliphatic hydroxyl groups is 1. The largest absolute Gasteiger partial charge is 0.491 e. The van der Waals surface area contributed by atoms with Crippen LogP contribution in [0, 0.1) is 11.3 Å². The molecule has 2 heterocycles. The molecule has 7 nitrogen and oxygen atoms in total. The zero-order valence-electron chi connectivity index (χ0n) is 20.7. The maximum atomic E-state index is 10.5. The summed E-state index contributed by atoms with van der Waals surface area (Å²) in [5.74, 6) is 1.29. The van der Waals surface area contributed by atoms with Gasteiger partial charge in [-0.05, 0) is 66.8 Å². The highest BCUT2D eigenvalue weighted by Gasteiger charge is 2.16. The van der Waals surface area contributed by atoms with E-state index in [1.165, 1.54) is 0 Å². The summed E-state index contributed by atoms with van der Waals surface area (Å²) < 4.78 is 17.2. The summed E-state index contributed by atoms with van der Waals surface area (Å²) in [5.41, 5.74) is 3.52. The molecule has 2 aromatic carbocycles. The van der Waals surface area contributed by atoms with E-state index >= 15 is 0 Å². The second-order valence-electron chi connectivity index (χ2n) is 8.94. The van der Waals surface area contributed by atoms with Gasteiger partial charge in [0.15, 0.2) is 0 Å². The van der Waals surface area contributed by atoms with Crippen LogP contribution in [-0.2, 0) is 11.2 Å². The van der Waals surface area contributed by atoms with Gasteiger partial charge in [-0.15, -0.1) is 0 Å². The van der Waals surface area contributed by atoms with Crippen molar-refractivity contribution in [3.05, 3.63) is 78.1 Å². The summed E-state index contributed by atoms with van der Waals surface area (Å²) in [4.78, 5) is 6.41. The van der Waals surface area contributed by atoms with Gasteiger partial charge in [0, 0.05) is 32.0 Å². The van der Waals surface area contributed by atoms with Crippen LogP contribution in [0.4, 0.5) is 0 Å². The first-order valence-corrected chi connectivity index (χ1v) is 12.4. The van der Waals surface area contributed by atoms with Gasteiger partial charge in [-0.2, -0.15) is 5.26 Å². The normalized spacial score (nSPS) is 15.6. The minimum Gasteiger partial charge on any atom is -0.491 e. The van der Waals surface area contributed by atoms with E-state index in [2.05, 4.69) is 16.0 Å². The molecular weight excluding hydrogens is 454 g/mol. The Balaban J connectivity index is 1.30. The zero-order valence-corrected chi connectivity index (χ0v) is 20.7. The molecule has 0 spiro atoms. The molecule has 1 aromatic heterocycles. The van der Waals surface area contributed by atoms with Crippen molar-refractivity contribution in [1.82, 2.24) is 9.88 Å². The second kappa shape index (κ2) is 13.0. The van der Waals surface area contributed by atoms with Crippen molar-refractivity contribution < 1.29 is 19.3 Å². The van der Waals surface area contributed by atoms with Crippen LogP contribution in [0.5, 0.6) is 11.5 Å². The quantitative estimate of drug-likeness (QED) is 0.436. The van der Waals surface area contributed by atoms with E-state index in [-0.39, 0.29) is 6.10 Å². The lowest BCUT2D eigenvalue weighted by Crippen LogP contribution is -2.38. The maximum absolute atomic E-state index is 10.5. The van der Waals surface area contributed by atoms with Crippen LogP contribution in [0.25, 0.3) is 11.1 Å². The number of aliphatic hydroxyl groups excluding tert-OH is 1. The molecule has 188 valence electrons. The maximum Gasteiger partial charge on any atom is 0.137 e. The molecule has 3 aromatic rings. The van der Waals surface area contributed by atoms with Gasteiger partial charge in [0.25, 0.3) is 0 Å². The number of pyridine rings is 1. The summed E-state index contributed by atoms with van der Waals surface area (Å²) in [6.45, 7) is 6.56. The van der Waals surface area contributed by atoms with Crippen molar-refractivity contribution in [2.75, 3.05) is 39.5 Å². The van der Waals surface area contributed by atoms with Gasteiger partial charge >= 0.3 is 0 Å². The number of aromatic nitrogens is 1. The smallest absolute Gasteiger partial charge is 0.137 e. The predicted molar refractivity (Wildman–Crippen MR) is 138 cm³/mol. The number of nitriles is 1. The van der Waals surface area contributed by atoms with E-state index in [0.717, 1.165) is 56.0 Å². The first kappa shape index (κ1) is 25.6. The highest BCUT2D eigenvalue weighted by atomic mass is 16.5. The summed E-state index contributed by atoms with van der Waals surface area (Å²) in [6.07, 6.45) is 3.98. The molecule has 0 bridgehead atoms. The molecule has 36 heavy (non-hydrogen) atoms. The lowest BCUT2D eigenvalue weighted by Gasteiger charge is -2.26. The summed E-state index contributed by atoms with van der Waals surface area (Å²) >= 11 is 0. The van der Waals surface area contributed by atoms with Gasteiger partial charge in [-0.1, -0.05) is 24.3 Å². The van der Waals surface area contributed by atoms with Crippen molar-refractivity contribution in [3.8, 4) is 28.7 Å². The minimum atomic E-state index is -0.584. The molecule has 0 saturated carbocycles. The van der Waals surface area contributed by atoms with E-state index in [4.69, 9.17) is 14.2 Å². The molecule has 4 rings (SSSR count). The number of nitrogens with zero attached hydrogens (tertiary/aromatic N) is 3. The molecule has 1 aliphatic rings. The van der Waals surface area contributed by atoms with Crippen molar-refractivity contribution in [2.24, 2.45) is 0 Å². The van der Waals surface area contributed by atoms with E-state index in [9.17, 15) is 10.4 Å². The van der Waals surface area contributed by atoms with Gasteiger partial charge in [0.1, 0.15) is 30.3 Å². The highest BCUT2D eigenvalue weighted by Crippen LogP contribution is 2.28. The number of rotatable bonds is 11. The van der Waals surface area contributed by atoms with E-state index < -0.39 is 6.10 Å². The molecule has 0 amide bonds. The van der Waals surface area contributed by atoms with Gasteiger partial charge in [-0.3, -0.25) is 9.88 Å². The Kier molecular flexibility index (Phi) is 9.28. The van der Waals surface area contributed by atoms with E-state index in [1.54, 1.807) is 6.20 Å². The Morgan fingerprint density at radius 1 is 1.11 bits per heavy atom. The van der Waals surface area contributed by atoms with Gasteiger partial charge in [0.05, 0.1) is 24.9 Å². The molecule has 7 heteroatoms. The fraction of sp³-hybridized carbons (Fsp3) is 0.379. The number of morpholine rings is 1. The summed E-state index contributed by atoms with van der Waals surface area (Å²) in [5, 5.41) is 20.1. The van der Waals surface area contributed by atoms with Crippen LogP contribution in [0.2, 0.25) is 0 Å². The standard InChI is InChI=1S/C29H33N3O4/c1-22(28(33)10-4-23-3-2-12-31-21-23)36-27-8-5-24(6-9-27)25-7-11-29(26(19-25)20-30)35-18-15-32-13-16-34-17-14-32/h2-3,5-9,11-12,19,21-22,28,33H,4,10,13-18H2,1H3. The van der Waals surface area contributed by atoms with E-state index in [1.807, 2.05) is 67.7 Å². The van der Waals surface area contributed by atoms with Crippen molar-refractivity contribution in [2.45, 2.75) is 32.0 Å². The van der Waals surface area contributed by atoms with Crippen molar-refractivity contribution >= 4 is 0 Å². The van der Waals surface area contributed by atoms with Crippen LogP contribution in [0.1, 0.15) is 24.5 Å². The molecule has 1 N–H and O–H groups in total. The van der Waals surface area contributed by atoms with Crippen LogP contribution in [-0.4, -0.2) is 66.7 Å². The van der Waals surface area contributed by atoms with Crippen LogP contribution < -0.4 is 9.47 Å². The molecule has 1 saturated heterocycles. The third-order valence-electron chi connectivity index (χ3n) is 6.37. The molecule has 1 aliphatic heterocycles. The highest BCUT2D eigenvalue weighted by molar-refractivity contribution is 5.67. The third-order valence-corrected chi connectivity index (χ3v) is 6.37. The number of aryl methyl sites for hydroxylation is 1. The number of ether oxygens (including phenoxy) is 3. The third kappa shape index (κ3) is 7.28. The Morgan fingerprint density at radius 2 is 1.89 bits per heavy atom. The van der Waals surface area contributed by atoms with Gasteiger partial charge in [-0.25, -0.2) is 0 Å². The van der Waals surface area contributed by atoms with E-state index in [0.29, 0.717) is 30.1 Å². The topological polar surface area (TPSA) is 87.8 Å². The van der Waals surface area contributed by atoms with Gasteiger partial charge in [0.2, 0.25) is 0 Å². The first-order chi connectivity index (χ1) is 17.6. The fourth-order valence-electron chi connectivity index (χ4n) is 4.15. The van der Waals surface area contributed by atoms with Crippen LogP contribution >= 0.6 is 0 Å². The van der Waals surface area contributed by atoms with Gasteiger partial charge < -0.3 is 19.3 Å². The Morgan fingerprint density at radius 3 is 2.61 bits per heavy atom. The predicted octanol–water partition coefficient (Wildman–Crippen LogP) is 4.09. The molecule has 0 aliphatic carbocycles. The average molecular weight is 488 g/mol. The van der Waals surface area contributed by atoms with Crippen molar-refractivity contribution in [3.63, 3.8) is 0 Å². The SMILES string of the molecule is CC(Oc1ccc(-c2ccc(OCCN3CCOCC3)c(C#N)c2)cc1)C(O)CCc1cccnc1. The Bertz CT molecular complexity index is 1130. The second-order valence-corrected chi connectivity index (χ2v) is 8.94. The molecule has 2 atom stereocenters. The summed E-state index contributed by atoms with van der Waals surface area (Å²) in [7, 11) is 0. The lowest BCUT2D eigenvalue weighted by molar-refractivity contribution is 0.0322. The molecular formula is C29H33N3O4. The van der Waals surface area contributed by atoms with Crippen LogP contribution in [0.3, 0.4) is 0 Å². The first-order valence-electron chi connectivity index (χ1n) is 12.4. The Labute approximate surface area is 212 Å². The van der Waals surface area contributed by atoms with Crippen LogP contribution in [0.15, 0.2) is 67.0 Å². The fourth-order valence-corrected chi connectivity index (χ4v) is 4.15. The molecule has 1 fully saturated rings. The number of hydrogen-bond acceptors (Lipinski definition) is 7.